The molecular weight excluding hydrogens is 410 g/mol. The van der Waals surface area contributed by atoms with E-state index in [-0.39, 0.29) is 39.8 Å². The molecule has 0 unspecified atom stereocenters. The van der Waals surface area contributed by atoms with Gasteiger partial charge in [-0.05, 0) is 18.6 Å². The average Bonchev–Trinajstić information content (AvgIpc) is 2.73. The summed E-state index contributed by atoms with van der Waals surface area (Å²) in [5.41, 5.74) is -0.0901. The van der Waals surface area contributed by atoms with Crippen molar-refractivity contribution in [3.05, 3.63) is 90.7 Å². The monoisotopic (exact) mass is 423 g/mol. The number of rotatable bonds is 5. The Hall–Kier alpha value is -4.03. The van der Waals surface area contributed by atoms with Gasteiger partial charge in [-0.15, -0.1) is 10.2 Å². The lowest BCUT2D eigenvalue weighted by Crippen LogP contribution is -2.22. The number of nitro groups is 1. The molecule has 150 valence electrons. The molecule has 0 bridgehead atoms. The van der Waals surface area contributed by atoms with Gasteiger partial charge in [0.2, 0.25) is 5.88 Å². The highest BCUT2D eigenvalue weighted by atomic mass is 35.5. The number of aromatic nitrogens is 1. The Bertz CT molecular complexity index is 1260. The Labute approximate surface area is 175 Å². The number of hydrogen-bond donors (Lipinski definition) is 1. The zero-order valence-corrected chi connectivity index (χ0v) is 16.4. The van der Waals surface area contributed by atoms with Crippen LogP contribution in [0.25, 0.3) is 0 Å². The zero-order chi connectivity index (χ0) is 21.8. The van der Waals surface area contributed by atoms with Gasteiger partial charge in [0.05, 0.1) is 16.5 Å². The Morgan fingerprint density at radius 1 is 1.23 bits per heavy atom. The first-order chi connectivity index (χ1) is 14.3. The molecule has 30 heavy (non-hydrogen) atoms. The molecule has 1 aromatic heterocycles. The fourth-order valence-electron chi connectivity index (χ4n) is 2.76. The van der Waals surface area contributed by atoms with Crippen LogP contribution in [0.2, 0.25) is 5.02 Å². The van der Waals surface area contributed by atoms with Gasteiger partial charge in [0.15, 0.2) is 5.69 Å². The molecule has 0 saturated carbocycles. The number of halogens is 1. The van der Waals surface area contributed by atoms with Gasteiger partial charge >= 0.3 is 0 Å². The van der Waals surface area contributed by atoms with Crippen molar-refractivity contribution in [1.82, 2.24) is 4.57 Å². The second-order valence-corrected chi connectivity index (χ2v) is 6.66. The highest BCUT2D eigenvalue weighted by Crippen LogP contribution is 2.32. The van der Waals surface area contributed by atoms with Gasteiger partial charge in [-0.1, -0.05) is 41.9 Å². The predicted molar refractivity (Wildman–Crippen MR) is 110 cm³/mol. The fourth-order valence-corrected chi connectivity index (χ4v) is 2.98. The second-order valence-electron chi connectivity index (χ2n) is 6.25. The van der Waals surface area contributed by atoms with E-state index in [0.29, 0.717) is 0 Å². The number of hydrogen-bond acceptors (Lipinski definition) is 7. The third kappa shape index (κ3) is 4.04. The molecule has 0 spiro atoms. The number of azo groups is 1. The average molecular weight is 424 g/mol. The molecule has 0 aliphatic heterocycles. The molecule has 0 saturated heterocycles. The van der Waals surface area contributed by atoms with Gasteiger partial charge in [-0.2, -0.15) is 5.26 Å². The molecule has 10 heteroatoms. The number of aromatic hydroxyl groups is 1. The summed E-state index contributed by atoms with van der Waals surface area (Å²) in [7, 11) is 0. The van der Waals surface area contributed by atoms with Crippen LogP contribution in [0.1, 0.15) is 16.7 Å². The van der Waals surface area contributed by atoms with Crippen LogP contribution < -0.4 is 5.56 Å². The van der Waals surface area contributed by atoms with Crippen LogP contribution in [-0.4, -0.2) is 14.6 Å². The summed E-state index contributed by atoms with van der Waals surface area (Å²) in [6, 6.07) is 14.4. The number of nitrogens with zero attached hydrogens (tertiary/aromatic N) is 5. The molecule has 0 aliphatic rings. The summed E-state index contributed by atoms with van der Waals surface area (Å²) >= 11 is 6.01. The highest BCUT2D eigenvalue weighted by molar-refractivity contribution is 6.33. The largest absolute Gasteiger partial charge is 0.493 e. The summed E-state index contributed by atoms with van der Waals surface area (Å²) in [6.45, 7) is 1.50. The zero-order valence-electron chi connectivity index (χ0n) is 15.6. The van der Waals surface area contributed by atoms with Gasteiger partial charge < -0.3 is 5.11 Å². The molecule has 1 heterocycles. The Morgan fingerprint density at radius 3 is 2.53 bits per heavy atom. The smallest absolute Gasteiger partial charge is 0.281 e. The van der Waals surface area contributed by atoms with Gasteiger partial charge in [0.25, 0.3) is 11.2 Å². The molecule has 0 amide bonds. The minimum absolute atomic E-state index is 0.0190. The van der Waals surface area contributed by atoms with E-state index >= 15 is 0 Å². The van der Waals surface area contributed by atoms with E-state index < -0.39 is 16.4 Å². The van der Waals surface area contributed by atoms with E-state index in [1.807, 2.05) is 12.1 Å². The maximum absolute atomic E-state index is 13.0. The summed E-state index contributed by atoms with van der Waals surface area (Å²) in [4.78, 5) is 23.2. The normalized spacial score (nSPS) is 10.8. The van der Waals surface area contributed by atoms with Crippen molar-refractivity contribution in [2.45, 2.75) is 13.5 Å². The first-order valence-corrected chi connectivity index (χ1v) is 8.97. The van der Waals surface area contributed by atoms with Gasteiger partial charge in [-0.3, -0.25) is 19.5 Å². The Balaban J connectivity index is 2.10. The van der Waals surface area contributed by atoms with Crippen molar-refractivity contribution in [3.63, 3.8) is 0 Å². The number of non-ortho nitro benzene ring substituents is 1. The molecule has 0 radical (unpaired) electrons. The number of nitriles is 1. The van der Waals surface area contributed by atoms with Crippen molar-refractivity contribution in [3.8, 4) is 11.9 Å². The maximum atomic E-state index is 13.0. The molecule has 0 aliphatic carbocycles. The quantitative estimate of drug-likeness (QED) is 0.358. The highest BCUT2D eigenvalue weighted by Gasteiger charge is 2.19. The van der Waals surface area contributed by atoms with Crippen molar-refractivity contribution in [2.24, 2.45) is 10.2 Å². The lowest BCUT2D eigenvalue weighted by atomic mass is 10.1. The van der Waals surface area contributed by atoms with Crippen molar-refractivity contribution in [2.75, 3.05) is 0 Å². The van der Waals surface area contributed by atoms with Crippen LogP contribution in [0, 0.1) is 28.4 Å². The van der Waals surface area contributed by atoms with Crippen molar-refractivity contribution < 1.29 is 10.0 Å². The molecule has 1 N–H and O–H groups in total. The van der Waals surface area contributed by atoms with E-state index in [1.54, 1.807) is 24.3 Å². The van der Waals surface area contributed by atoms with E-state index in [1.165, 1.54) is 19.1 Å². The standard InChI is InChI=1S/C20H14ClN5O4/c1-12-15(10-22)19(27)25(11-13-5-3-2-4-6-13)20(28)18(12)24-23-17-8-7-14(26(29)30)9-16(17)21/h2-9,27H,11H2,1H3. The van der Waals surface area contributed by atoms with Crippen LogP contribution in [-0.2, 0) is 6.54 Å². The molecule has 0 atom stereocenters. The summed E-state index contributed by atoms with van der Waals surface area (Å²) in [5, 5.41) is 38.5. The molecule has 9 nitrogen and oxygen atoms in total. The predicted octanol–water partition coefficient (Wildman–Crippen LogP) is 4.76. The topological polar surface area (TPSA) is 134 Å². The Morgan fingerprint density at radius 2 is 1.93 bits per heavy atom. The van der Waals surface area contributed by atoms with Gasteiger partial charge in [0.1, 0.15) is 17.3 Å². The van der Waals surface area contributed by atoms with E-state index in [4.69, 9.17) is 11.6 Å². The first kappa shape index (κ1) is 20.7. The van der Waals surface area contributed by atoms with Crippen molar-refractivity contribution >= 4 is 28.7 Å². The van der Waals surface area contributed by atoms with Gasteiger partial charge in [-0.25, -0.2) is 0 Å². The third-order valence-corrected chi connectivity index (χ3v) is 4.66. The van der Waals surface area contributed by atoms with Crippen molar-refractivity contribution in [1.29, 1.82) is 5.26 Å². The fraction of sp³-hybridized carbons (Fsp3) is 0.100. The molecule has 3 rings (SSSR count). The molecular formula is C20H14ClN5O4. The third-order valence-electron chi connectivity index (χ3n) is 4.35. The number of benzene rings is 2. The van der Waals surface area contributed by atoms with E-state index in [0.717, 1.165) is 16.2 Å². The minimum Gasteiger partial charge on any atom is -0.493 e. The van der Waals surface area contributed by atoms with Crippen LogP contribution in [0.4, 0.5) is 17.1 Å². The summed E-state index contributed by atoms with van der Waals surface area (Å²) < 4.78 is 1.03. The van der Waals surface area contributed by atoms with E-state index in [2.05, 4.69) is 10.2 Å². The van der Waals surface area contributed by atoms with E-state index in [9.17, 15) is 25.3 Å². The second kappa shape index (κ2) is 8.55. The molecule has 0 fully saturated rings. The minimum atomic E-state index is -0.644. The van der Waals surface area contributed by atoms with Crippen LogP contribution in [0.3, 0.4) is 0 Å². The molecule has 2 aromatic carbocycles. The Kier molecular flexibility index (Phi) is 5.90. The SMILES string of the molecule is Cc1c(C#N)c(O)n(Cc2ccccc2)c(=O)c1N=Nc1ccc([N+](=O)[O-])cc1Cl. The number of nitro benzene ring substituents is 1. The summed E-state index contributed by atoms with van der Waals surface area (Å²) in [5.74, 6) is -0.462. The lowest BCUT2D eigenvalue weighted by Gasteiger charge is -2.13. The first-order valence-electron chi connectivity index (χ1n) is 8.59. The van der Waals surface area contributed by atoms with Crippen LogP contribution >= 0.6 is 11.6 Å². The van der Waals surface area contributed by atoms with Crippen LogP contribution in [0.15, 0.2) is 63.6 Å². The van der Waals surface area contributed by atoms with Crippen LogP contribution in [0.5, 0.6) is 5.88 Å². The van der Waals surface area contributed by atoms with Gasteiger partial charge in [0, 0.05) is 17.7 Å². The lowest BCUT2D eigenvalue weighted by molar-refractivity contribution is -0.384. The maximum Gasteiger partial charge on any atom is 0.281 e. The number of pyridine rings is 1. The summed E-state index contributed by atoms with van der Waals surface area (Å²) in [6.07, 6.45) is 0. The molecule has 3 aromatic rings.